The minimum atomic E-state index is -3.89. The molecule has 0 radical (unpaired) electrons. The van der Waals surface area contributed by atoms with E-state index in [0.29, 0.717) is 17.5 Å². The molecular weight excluding hydrogens is 441 g/mol. The zero-order valence-electron chi connectivity index (χ0n) is 18.0. The average molecular weight is 465 g/mol. The number of benzene rings is 3. The number of carbonyl (C=O) groups is 2. The number of hydrogen-bond donors (Lipinski definition) is 0. The van der Waals surface area contributed by atoms with Gasteiger partial charge in [0.15, 0.2) is 0 Å². The maximum Gasteiger partial charge on any atom is 0.475 e. The van der Waals surface area contributed by atoms with Crippen LogP contribution in [0.4, 0.5) is 0 Å². The van der Waals surface area contributed by atoms with Gasteiger partial charge in [-0.3, -0.25) is 28.1 Å². The fraction of sp³-hybridized carbons (Fsp3) is 0.200. The number of fused-ring (bicyclic) bond motifs is 1. The highest BCUT2D eigenvalue weighted by molar-refractivity contribution is 7.48. The van der Waals surface area contributed by atoms with Crippen molar-refractivity contribution in [1.82, 2.24) is 4.90 Å². The van der Waals surface area contributed by atoms with E-state index in [-0.39, 0.29) is 38.2 Å². The van der Waals surface area contributed by atoms with Crippen molar-refractivity contribution in [2.24, 2.45) is 0 Å². The first-order valence-electron chi connectivity index (χ1n) is 10.6. The Morgan fingerprint density at radius 1 is 0.636 bits per heavy atom. The lowest BCUT2D eigenvalue weighted by Gasteiger charge is -2.19. The number of hydrogen-bond acceptors (Lipinski definition) is 6. The van der Waals surface area contributed by atoms with E-state index in [1.807, 2.05) is 60.7 Å². The molecule has 3 aromatic rings. The first-order chi connectivity index (χ1) is 16.1. The Morgan fingerprint density at radius 2 is 1.09 bits per heavy atom. The molecule has 0 aromatic heterocycles. The topological polar surface area (TPSA) is 82.1 Å². The Labute approximate surface area is 192 Å². The van der Waals surface area contributed by atoms with Gasteiger partial charge in [-0.1, -0.05) is 72.8 Å². The molecule has 0 aliphatic carbocycles. The molecule has 170 valence electrons. The summed E-state index contributed by atoms with van der Waals surface area (Å²) in [7, 11) is -3.89. The zero-order valence-corrected chi connectivity index (χ0v) is 18.9. The van der Waals surface area contributed by atoms with E-state index >= 15 is 0 Å². The number of carbonyl (C=O) groups excluding carboxylic acids is 2. The highest BCUT2D eigenvalue weighted by Gasteiger charge is 2.35. The Balaban J connectivity index is 1.34. The van der Waals surface area contributed by atoms with E-state index in [2.05, 4.69) is 0 Å². The van der Waals surface area contributed by atoms with Crippen molar-refractivity contribution < 1.29 is 27.7 Å². The lowest BCUT2D eigenvalue weighted by atomic mass is 10.1. The van der Waals surface area contributed by atoms with Gasteiger partial charge >= 0.3 is 7.82 Å². The molecule has 0 spiro atoms. The van der Waals surface area contributed by atoms with Crippen LogP contribution < -0.4 is 0 Å². The van der Waals surface area contributed by atoms with Crippen molar-refractivity contribution in [1.29, 1.82) is 0 Å². The third kappa shape index (κ3) is 5.83. The van der Waals surface area contributed by atoms with Gasteiger partial charge in [-0.25, -0.2) is 4.57 Å². The summed E-state index contributed by atoms with van der Waals surface area (Å²) in [6.45, 7) is 0.259. The van der Waals surface area contributed by atoms with Crippen LogP contribution in [0.15, 0.2) is 84.9 Å². The second kappa shape index (κ2) is 10.7. The van der Waals surface area contributed by atoms with Gasteiger partial charge in [0.2, 0.25) is 0 Å². The molecule has 1 aliphatic heterocycles. The fourth-order valence-electron chi connectivity index (χ4n) is 3.41. The monoisotopic (exact) mass is 465 g/mol. The Bertz CT molecular complexity index is 1070. The predicted molar refractivity (Wildman–Crippen MR) is 122 cm³/mol. The van der Waals surface area contributed by atoms with Crippen molar-refractivity contribution in [3.63, 3.8) is 0 Å². The molecule has 0 saturated heterocycles. The van der Waals surface area contributed by atoms with E-state index < -0.39 is 7.82 Å². The quantitative estimate of drug-likeness (QED) is 0.219. The molecule has 8 heteroatoms. The van der Waals surface area contributed by atoms with Gasteiger partial charge in [-0.05, 0) is 29.7 Å². The molecule has 1 heterocycles. The average Bonchev–Trinajstić information content (AvgIpc) is 3.10. The smallest absolute Gasteiger partial charge is 0.287 e. The highest BCUT2D eigenvalue weighted by Crippen LogP contribution is 2.51. The van der Waals surface area contributed by atoms with Crippen LogP contribution in [0.2, 0.25) is 0 Å². The maximum absolute atomic E-state index is 13.2. The van der Waals surface area contributed by atoms with Crippen LogP contribution in [0.5, 0.6) is 0 Å². The Kier molecular flexibility index (Phi) is 7.47. The molecule has 0 saturated carbocycles. The van der Waals surface area contributed by atoms with Crippen molar-refractivity contribution >= 4 is 19.6 Å². The maximum atomic E-state index is 13.2. The standard InChI is InChI=1S/C25H24NO6P/c27-24-22-14-7-8-15-23(22)25(28)26(24)16-9-17-30-33(29,31-18-20-10-3-1-4-11-20)32-19-21-12-5-2-6-13-21/h1-8,10-15H,9,16-19H2. The first kappa shape index (κ1) is 23.1. The van der Waals surface area contributed by atoms with Crippen molar-refractivity contribution in [3.8, 4) is 0 Å². The molecule has 0 unspecified atom stereocenters. The minimum absolute atomic E-state index is 0.00569. The molecular formula is C25H24NO6P. The van der Waals surface area contributed by atoms with Crippen molar-refractivity contribution in [2.45, 2.75) is 19.6 Å². The van der Waals surface area contributed by atoms with Gasteiger partial charge < -0.3 is 0 Å². The summed E-state index contributed by atoms with van der Waals surface area (Å²) in [6.07, 6.45) is 0.291. The molecule has 0 N–H and O–H groups in total. The number of amides is 2. The lowest BCUT2D eigenvalue weighted by molar-refractivity contribution is 0.0637. The van der Waals surface area contributed by atoms with Gasteiger partial charge in [0.25, 0.3) is 11.8 Å². The normalized spacial score (nSPS) is 13.4. The van der Waals surface area contributed by atoms with E-state index in [1.54, 1.807) is 24.3 Å². The molecule has 0 atom stereocenters. The number of imide groups is 1. The third-order valence-corrected chi connectivity index (χ3v) is 6.51. The molecule has 2 amide bonds. The van der Waals surface area contributed by atoms with E-state index in [9.17, 15) is 14.2 Å². The molecule has 3 aromatic carbocycles. The van der Waals surface area contributed by atoms with E-state index in [1.165, 1.54) is 4.90 Å². The van der Waals surface area contributed by atoms with Gasteiger partial charge in [0.1, 0.15) is 0 Å². The summed E-state index contributed by atoms with van der Waals surface area (Å²) < 4.78 is 29.9. The highest BCUT2D eigenvalue weighted by atomic mass is 31.2. The molecule has 1 aliphatic rings. The Hall–Kier alpha value is -3.09. The molecule has 0 fully saturated rings. The summed E-state index contributed by atoms with van der Waals surface area (Å²) in [6, 6.07) is 25.3. The minimum Gasteiger partial charge on any atom is -0.287 e. The summed E-state index contributed by atoms with van der Waals surface area (Å²) in [5.74, 6) is -0.668. The van der Waals surface area contributed by atoms with Crippen molar-refractivity contribution in [3.05, 3.63) is 107 Å². The van der Waals surface area contributed by atoms with Crippen LogP contribution in [0.1, 0.15) is 38.3 Å². The van der Waals surface area contributed by atoms with Gasteiger partial charge in [0.05, 0.1) is 30.9 Å². The summed E-state index contributed by atoms with van der Waals surface area (Å²) in [5.41, 5.74) is 2.45. The third-order valence-electron chi connectivity index (χ3n) is 5.12. The molecule has 4 rings (SSSR count). The van der Waals surface area contributed by atoms with Crippen molar-refractivity contribution in [2.75, 3.05) is 13.2 Å². The predicted octanol–water partition coefficient (Wildman–Crippen LogP) is 5.23. The zero-order chi connectivity index (χ0) is 23.1. The first-order valence-corrected chi connectivity index (χ1v) is 12.1. The SMILES string of the molecule is O=C1c2ccccc2C(=O)N1CCCOP(=O)(OCc1ccccc1)OCc1ccccc1. The molecule has 0 bridgehead atoms. The fourth-order valence-corrected chi connectivity index (χ4v) is 4.60. The lowest BCUT2D eigenvalue weighted by Crippen LogP contribution is -2.31. The van der Waals surface area contributed by atoms with Gasteiger partial charge in [0, 0.05) is 6.54 Å². The number of phosphoric ester groups is 1. The number of nitrogens with zero attached hydrogens (tertiary/aromatic N) is 1. The molecule has 33 heavy (non-hydrogen) atoms. The summed E-state index contributed by atoms with van der Waals surface area (Å²) in [5, 5.41) is 0. The molecule has 7 nitrogen and oxygen atoms in total. The second-order valence-corrected chi connectivity index (χ2v) is 9.13. The van der Waals surface area contributed by atoms with E-state index in [4.69, 9.17) is 13.6 Å². The summed E-state index contributed by atoms with van der Waals surface area (Å²) in [4.78, 5) is 26.1. The van der Waals surface area contributed by atoms with Crippen LogP contribution in [-0.2, 0) is 31.4 Å². The van der Waals surface area contributed by atoms with E-state index in [0.717, 1.165) is 11.1 Å². The van der Waals surface area contributed by atoms with Crippen LogP contribution in [0.3, 0.4) is 0 Å². The summed E-state index contributed by atoms with van der Waals surface area (Å²) >= 11 is 0. The van der Waals surface area contributed by atoms with Crippen LogP contribution in [0, 0.1) is 0 Å². The van der Waals surface area contributed by atoms with Crippen LogP contribution >= 0.6 is 7.82 Å². The van der Waals surface area contributed by atoms with Gasteiger partial charge in [-0.2, -0.15) is 0 Å². The number of rotatable bonds is 11. The van der Waals surface area contributed by atoms with Crippen LogP contribution in [0.25, 0.3) is 0 Å². The largest absolute Gasteiger partial charge is 0.475 e. The number of phosphoric acid groups is 1. The Morgan fingerprint density at radius 3 is 1.58 bits per heavy atom. The van der Waals surface area contributed by atoms with Gasteiger partial charge in [-0.15, -0.1) is 0 Å². The second-order valence-electron chi connectivity index (χ2n) is 7.46. The van der Waals surface area contributed by atoms with Crippen LogP contribution in [-0.4, -0.2) is 29.9 Å².